The molecule has 2 rings (SSSR count). The zero-order valence-corrected chi connectivity index (χ0v) is 12.9. The van der Waals surface area contributed by atoms with Crippen molar-refractivity contribution in [1.29, 1.82) is 5.26 Å². The SMILES string of the molecule is COc1ccc(CN(C)Cc2ccc(C#N)cc2Cl)cc1. The van der Waals surface area contributed by atoms with E-state index in [0.29, 0.717) is 10.6 Å². The molecule has 0 aliphatic rings. The first kappa shape index (κ1) is 15.4. The van der Waals surface area contributed by atoms with E-state index in [9.17, 15) is 0 Å². The van der Waals surface area contributed by atoms with Crippen molar-refractivity contribution in [3.05, 3.63) is 64.2 Å². The van der Waals surface area contributed by atoms with Gasteiger partial charge in [-0.15, -0.1) is 0 Å². The average molecular weight is 301 g/mol. The molecule has 0 atom stereocenters. The molecule has 2 aromatic carbocycles. The van der Waals surface area contributed by atoms with Gasteiger partial charge in [-0.25, -0.2) is 0 Å². The van der Waals surface area contributed by atoms with Crippen LogP contribution in [0.2, 0.25) is 5.02 Å². The van der Waals surface area contributed by atoms with Crippen LogP contribution in [0.5, 0.6) is 5.75 Å². The molecule has 4 heteroatoms. The molecule has 2 aromatic rings. The van der Waals surface area contributed by atoms with Gasteiger partial charge >= 0.3 is 0 Å². The highest BCUT2D eigenvalue weighted by atomic mass is 35.5. The second kappa shape index (κ2) is 7.12. The Morgan fingerprint density at radius 3 is 2.43 bits per heavy atom. The first-order chi connectivity index (χ1) is 10.1. The van der Waals surface area contributed by atoms with Gasteiger partial charge in [0.25, 0.3) is 0 Å². The smallest absolute Gasteiger partial charge is 0.118 e. The molecule has 0 aromatic heterocycles. The fraction of sp³-hybridized carbons (Fsp3) is 0.235. The first-order valence-electron chi connectivity index (χ1n) is 6.62. The molecule has 0 aliphatic carbocycles. The van der Waals surface area contributed by atoms with Crippen LogP contribution in [0, 0.1) is 11.3 Å². The van der Waals surface area contributed by atoms with Crippen LogP contribution >= 0.6 is 11.6 Å². The number of ether oxygens (including phenoxy) is 1. The minimum absolute atomic E-state index is 0.585. The monoisotopic (exact) mass is 300 g/mol. The van der Waals surface area contributed by atoms with E-state index in [-0.39, 0.29) is 0 Å². The maximum Gasteiger partial charge on any atom is 0.118 e. The number of halogens is 1. The third-order valence-corrected chi connectivity index (χ3v) is 3.59. The Kier molecular flexibility index (Phi) is 5.21. The van der Waals surface area contributed by atoms with Gasteiger partial charge in [-0.1, -0.05) is 29.8 Å². The number of nitriles is 1. The summed E-state index contributed by atoms with van der Waals surface area (Å²) >= 11 is 6.20. The summed E-state index contributed by atoms with van der Waals surface area (Å²) in [7, 11) is 3.70. The van der Waals surface area contributed by atoms with E-state index in [1.54, 1.807) is 19.2 Å². The van der Waals surface area contributed by atoms with Gasteiger partial charge < -0.3 is 4.74 Å². The molecular formula is C17H17ClN2O. The lowest BCUT2D eigenvalue weighted by Crippen LogP contribution is -2.17. The highest BCUT2D eigenvalue weighted by Gasteiger charge is 2.06. The molecule has 0 N–H and O–H groups in total. The Labute approximate surface area is 130 Å². The van der Waals surface area contributed by atoms with Gasteiger partial charge in [-0.3, -0.25) is 4.90 Å². The van der Waals surface area contributed by atoms with Crippen molar-refractivity contribution in [3.63, 3.8) is 0 Å². The second-order valence-corrected chi connectivity index (χ2v) is 5.35. The summed E-state index contributed by atoms with van der Waals surface area (Å²) in [6.07, 6.45) is 0. The molecule has 0 heterocycles. The van der Waals surface area contributed by atoms with Crippen LogP contribution in [0.3, 0.4) is 0 Å². The van der Waals surface area contributed by atoms with E-state index in [0.717, 1.165) is 24.4 Å². The third-order valence-electron chi connectivity index (χ3n) is 3.23. The Morgan fingerprint density at radius 2 is 1.86 bits per heavy atom. The van der Waals surface area contributed by atoms with Crippen molar-refractivity contribution < 1.29 is 4.74 Å². The summed E-state index contributed by atoms with van der Waals surface area (Å²) in [4.78, 5) is 2.18. The zero-order chi connectivity index (χ0) is 15.2. The van der Waals surface area contributed by atoms with Gasteiger partial charge in [0.1, 0.15) is 5.75 Å². The second-order valence-electron chi connectivity index (χ2n) is 4.94. The lowest BCUT2D eigenvalue weighted by molar-refractivity contribution is 0.319. The van der Waals surface area contributed by atoms with Crippen LogP contribution in [0.25, 0.3) is 0 Å². The quantitative estimate of drug-likeness (QED) is 0.841. The van der Waals surface area contributed by atoms with E-state index < -0.39 is 0 Å². The molecule has 0 spiro atoms. The van der Waals surface area contributed by atoms with Crippen molar-refractivity contribution in [3.8, 4) is 11.8 Å². The third kappa shape index (κ3) is 4.22. The molecule has 0 aliphatic heterocycles. The normalized spacial score (nSPS) is 10.4. The summed E-state index contributed by atoms with van der Waals surface area (Å²) in [5.74, 6) is 0.858. The highest BCUT2D eigenvalue weighted by molar-refractivity contribution is 6.31. The predicted molar refractivity (Wildman–Crippen MR) is 84.3 cm³/mol. The number of hydrogen-bond donors (Lipinski definition) is 0. The molecule has 3 nitrogen and oxygen atoms in total. The van der Waals surface area contributed by atoms with Crippen LogP contribution in [-0.4, -0.2) is 19.1 Å². The maximum atomic E-state index is 8.84. The average Bonchev–Trinajstić information content (AvgIpc) is 2.50. The molecular weight excluding hydrogens is 284 g/mol. The van der Waals surface area contributed by atoms with Crippen molar-refractivity contribution in [2.75, 3.05) is 14.2 Å². The lowest BCUT2D eigenvalue weighted by atomic mass is 10.1. The van der Waals surface area contributed by atoms with Crippen LogP contribution < -0.4 is 4.74 Å². The van der Waals surface area contributed by atoms with E-state index in [1.807, 2.05) is 25.2 Å². The Balaban J connectivity index is 2.01. The van der Waals surface area contributed by atoms with Crippen molar-refractivity contribution in [2.45, 2.75) is 13.1 Å². The molecule has 108 valence electrons. The summed E-state index contributed by atoms with van der Waals surface area (Å²) in [5.41, 5.74) is 2.82. The largest absolute Gasteiger partial charge is 0.497 e. The number of benzene rings is 2. The highest BCUT2D eigenvalue weighted by Crippen LogP contribution is 2.20. The maximum absolute atomic E-state index is 8.84. The Hall–Kier alpha value is -2.02. The molecule has 21 heavy (non-hydrogen) atoms. The van der Waals surface area contributed by atoms with E-state index in [1.165, 1.54) is 5.56 Å². The van der Waals surface area contributed by atoms with Crippen molar-refractivity contribution in [1.82, 2.24) is 4.90 Å². The van der Waals surface area contributed by atoms with Crippen LogP contribution in [0.4, 0.5) is 0 Å². The van der Waals surface area contributed by atoms with Gasteiger partial charge in [0.15, 0.2) is 0 Å². The standard InChI is InChI=1S/C17H17ClN2O/c1-20(11-13-4-7-16(21-2)8-5-13)12-15-6-3-14(10-19)9-17(15)18/h3-9H,11-12H2,1-2H3. The van der Waals surface area contributed by atoms with Crippen LogP contribution in [0.1, 0.15) is 16.7 Å². The summed E-state index contributed by atoms with van der Waals surface area (Å²) < 4.78 is 5.15. The van der Waals surface area contributed by atoms with Gasteiger partial charge in [0.2, 0.25) is 0 Å². The predicted octanol–water partition coefficient (Wildman–Crippen LogP) is 3.85. The first-order valence-corrected chi connectivity index (χ1v) is 7.00. The summed E-state index contributed by atoms with van der Waals surface area (Å²) in [6, 6.07) is 15.5. The number of methoxy groups -OCH3 is 1. The van der Waals surface area contributed by atoms with E-state index >= 15 is 0 Å². The van der Waals surface area contributed by atoms with Crippen molar-refractivity contribution in [2.24, 2.45) is 0 Å². The van der Waals surface area contributed by atoms with Crippen LogP contribution in [-0.2, 0) is 13.1 Å². The Morgan fingerprint density at radius 1 is 1.14 bits per heavy atom. The molecule has 0 radical (unpaired) electrons. The molecule has 0 saturated heterocycles. The summed E-state index contributed by atoms with van der Waals surface area (Å²) in [6.45, 7) is 1.55. The fourth-order valence-corrected chi connectivity index (χ4v) is 2.37. The minimum atomic E-state index is 0.585. The topological polar surface area (TPSA) is 36.3 Å². The van der Waals surface area contributed by atoms with Gasteiger partial charge in [0.05, 0.1) is 18.7 Å². The molecule has 0 unspecified atom stereocenters. The van der Waals surface area contributed by atoms with E-state index in [4.69, 9.17) is 21.6 Å². The van der Waals surface area contributed by atoms with E-state index in [2.05, 4.69) is 23.1 Å². The lowest BCUT2D eigenvalue weighted by Gasteiger charge is -2.18. The van der Waals surface area contributed by atoms with Gasteiger partial charge in [-0.05, 0) is 42.4 Å². The molecule has 0 fully saturated rings. The summed E-state index contributed by atoms with van der Waals surface area (Å²) in [5, 5.41) is 9.48. The fourth-order valence-electron chi connectivity index (χ4n) is 2.13. The number of rotatable bonds is 5. The molecule has 0 bridgehead atoms. The van der Waals surface area contributed by atoms with Crippen LogP contribution in [0.15, 0.2) is 42.5 Å². The molecule has 0 amide bonds. The number of hydrogen-bond acceptors (Lipinski definition) is 3. The van der Waals surface area contributed by atoms with Crippen molar-refractivity contribution >= 4 is 11.6 Å². The number of nitrogens with zero attached hydrogens (tertiary/aromatic N) is 2. The minimum Gasteiger partial charge on any atom is -0.497 e. The van der Waals surface area contributed by atoms with Gasteiger partial charge in [-0.2, -0.15) is 5.26 Å². The zero-order valence-electron chi connectivity index (χ0n) is 12.1. The van der Waals surface area contributed by atoms with Gasteiger partial charge in [0, 0.05) is 18.1 Å². The molecule has 0 saturated carbocycles. The Bertz CT molecular complexity index is 647.